The van der Waals surface area contributed by atoms with Gasteiger partial charge in [0, 0.05) is 47.9 Å². The van der Waals surface area contributed by atoms with Gasteiger partial charge in [-0.05, 0) is 65.7 Å². The van der Waals surface area contributed by atoms with Crippen molar-refractivity contribution in [2.24, 2.45) is 5.92 Å². The summed E-state index contributed by atoms with van der Waals surface area (Å²) in [6, 6.07) is 37.3. The van der Waals surface area contributed by atoms with Crippen molar-refractivity contribution in [1.82, 2.24) is 14.5 Å². The van der Waals surface area contributed by atoms with Crippen LogP contribution < -0.4 is 0 Å². The van der Waals surface area contributed by atoms with Crippen LogP contribution in [0.25, 0.3) is 50.3 Å². The first-order chi connectivity index (χ1) is 22.9. The molecule has 0 saturated carbocycles. The molecule has 0 atom stereocenters. The third-order valence-corrected chi connectivity index (χ3v) is 7.74. The summed E-state index contributed by atoms with van der Waals surface area (Å²) in [5, 5.41) is 1.06. The van der Waals surface area contributed by atoms with Crippen LogP contribution in [0, 0.1) is 25.1 Å². The maximum Gasteiger partial charge on any atom is 0.0774 e. The Bertz CT molecular complexity index is 2140. The summed E-state index contributed by atoms with van der Waals surface area (Å²) in [6.45, 7) is 9.11. The second-order valence-electron chi connectivity index (χ2n) is 12.8. The minimum absolute atomic E-state index is 0. The van der Waals surface area contributed by atoms with Crippen LogP contribution >= 0.6 is 0 Å². The molecule has 4 aromatic carbocycles. The Morgan fingerprint density at radius 3 is 2.37 bits per heavy atom. The zero-order chi connectivity index (χ0) is 34.1. The van der Waals surface area contributed by atoms with Gasteiger partial charge in [0.05, 0.1) is 16.9 Å². The Labute approximate surface area is 290 Å². The fourth-order valence-corrected chi connectivity index (χ4v) is 5.46. The van der Waals surface area contributed by atoms with Gasteiger partial charge in [0.1, 0.15) is 0 Å². The van der Waals surface area contributed by atoms with E-state index in [9.17, 15) is 0 Å². The normalized spacial score (nSPS) is 12.6. The molecule has 0 aliphatic heterocycles. The van der Waals surface area contributed by atoms with Crippen LogP contribution in [-0.2, 0) is 31.9 Å². The van der Waals surface area contributed by atoms with Crippen LogP contribution in [0.15, 0.2) is 114 Å². The Balaban J connectivity index is 0.000000233. The van der Waals surface area contributed by atoms with E-state index in [2.05, 4.69) is 117 Å². The number of rotatable bonds is 5. The molecule has 0 fully saturated rings. The molecular formula is C41H39IrN3O-2. The quantitative estimate of drug-likeness (QED) is 0.163. The van der Waals surface area contributed by atoms with E-state index in [1.807, 2.05) is 24.3 Å². The third-order valence-electron chi connectivity index (χ3n) is 7.74. The van der Waals surface area contributed by atoms with E-state index in [4.69, 9.17) is 13.5 Å². The minimum atomic E-state index is -2.09. The summed E-state index contributed by atoms with van der Waals surface area (Å²) in [5.74, 6) is 1.45. The number of nitrogens with zero attached hydrogens (tertiary/aromatic N) is 3. The van der Waals surface area contributed by atoms with Gasteiger partial charge in [0.15, 0.2) is 0 Å². The van der Waals surface area contributed by atoms with Crippen LogP contribution in [0.5, 0.6) is 0 Å². The number of aromatic nitrogens is 3. The van der Waals surface area contributed by atoms with Crippen molar-refractivity contribution in [3.8, 4) is 28.3 Å². The zero-order valence-corrected chi connectivity index (χ0v) is 29.2. The Hall–Kier alpha value is -4.31. The number of benzene rings is 4. The molecule has 0 amide bonds. The van der Waals surface area contributed by atoms with Gasteiger partial charge in [-0.1, -0.05) is 106 Å². The first-order valence-corrected chi connectivity index (χ1v) is 15.3. The average Bonchev–Trinajstić information content (AvgIpc) is 3.66. The molecule has 0 aliphatic rings. The molecule has 3 heterocycles. The van der Waals surface area contributed by atoms with Gasteiger partial charge < -0.3 is 14.0 Å². The van der Waals surface area contributed by atoms with Gasteiger partial charge in [-0.15, -0.1) is 35.9 Å². The van der Waals surface area contributed by atoms with Gasteiger partial charge in [-0.25, -0.2) is 0 Å². The van der Waals surface area contributed by atoms with Crippen LogP contribution in [-0.4, -0.2) is 14.5 Å². The Kier molecular flexibility index (Phi) is 8.85. The second kappa shape index (κ2) is 14.0. The van der Waals surface area contributed by atoms with Crippen molar-refractivity contribution in [3.63, 3.8) is 0 Å². The molecule has 0 spiro atoms. The van der Waals surface area contributed by atoms with Crippen molar-refractivity contribution >= 4 is 22.0 Å². The fraction of sp³-hybridized carbons (Fsp3) is 0.220. The van der Waals surface area contributed by atoms with Gasteiger partial charge in [-0.2, -0.15) is 0 Å². The van der Waals surface area contributed by atoms with E-state index >= 15 is 0 Å². The number of hydrogen-bond donors (Lipinski definition) is 0. The molecule has 4 nitrogen and oxygen atoms in total. The number of imidazole rings is 1. The standard InChI is InChI=1S/C29H29N2O.C12H10N.Ir/c1-19(2)16-20-10-15-27-23(17-20)24(18-32-27)28-30-25-8-6-7-9-26(25)31(28)22-13-11-21(12-14-22)29(3,4)5;1-10-7-8-12(13-9-10)11-5-3-2-4-6-11;/h6-15,17,19H,16H2,1-5H3;2-5,7-9H,1H3;/q2*-1;/i;1D3;. The maximum atomic E-state index is 7.23. The SMILES string of the molecule is CC(C)Cc1ccc2o[c-]c(-c3nc4ccccc4n3-c3ccc(C(C)(C)C)cc3)c2c1.[2H]C([2H])([2H])c1ccc(-c2[c-]cccc2)nc1.[Ir]. The summed E-state index contributed by atoms with van der Waals surface area (Å²) in [7, 11) is 0. The minimum Gasteiger partial charge on any atom is -0.557 e. The number of pyridine rings is 1. The molecule has 235 valence electrons. The molecule has 1 radical (unpaired) electrons. The van der Waals surface area contributed by atoms with Crippen molar-refractivity contribution in [2.45, 2.75) is 53.3 Å². The Morgan fingerprint density at radius 1 is 0.913 bits per heavy atom. The van der Waals surface area contributed by atoms with Gasteiger partial charge in [0.2, 0.25) is 0 Å². The summed E-state index contributed by atoms with van der Waals surface area (Å²) in [4.78, 5) is 9.14. The van der Waals surface area contributed by atoms with E-state index < -0.39 is 6.85 Å². The predicted octanol–water partition coefficient (Wildman–Crippen LogP) is 10.6. The van der Waals surface area contributed by atoms with Gasteiger partial charge >= 0.3 is 0 Å². The topological polar surface area (TPSA) is 43.9 Å². The van der Waals surface area contributed by atoms with Crippen LogP contribution in [0.3, 0.4) is 0 Å². The largest absolute Gasteiger partial charge is 0.557 e. The summed E-state index contributed by atoms with van der Waals surface area (Å²) < 4.78 is 29.8. The number of para-hydroxylation sites is 2. The van der Waals surface area contributed by atoms with E-state index in [1.54, 1.807) is 18.2 Å². The third kappa shape index (κ3) is 7.22. The number of aryl methyl sites for hydroxylation is 1. The molecule has 7 rings (SSSR count). The first kappa shape index (κ1) is 29.1. The van der Waals surface area contributed by atoms with E-state index in [0.717, 1.165) is 56.8 Å². The molecule has 0 N–H and O–H groups in total. The second-order valence-corrected chi connectivity index (χ2v) is 12.8. The van der Waals surface area contributed by atoms with E-state index in [-0.39, 0.29) is 31.1 Å². The van der Waals surface area contributed by atoms with Crippen LogP contribution in [0.4, 0.5) is 0 Å². The van der Waals surface area contributed by atoms with E-state index in [0.29, 0.717) is 5.92 Å². The van der Waals surface area contributed by atoms with Gasteiger partial charge in [0.25, 0.3) is 0 Å². The molecule has 0 saturated heterocycles. The first-order valence-electron chi connectivity index (χ1n) is 16.8. The van der Waals surface area contributed by atoms with Gasteiger partial charge in [-0.3, -0.25) is 4.98 Å². The molecule has 0 unspecified atom stereocenters. The average molecular weight is 785 g/mol. The molecule has 0 aliphatic carbocycles. The molecule has 3 aromatic heterocycles. The van der Waals surface area contributed by atoms with Crippen LogP contribution in [0.2, 0.25) is 0 Å². The molecule has 46 heavy (non-hydrogen) atoms. The molecular weight excluding hydrogens is 743 g/mol. The van der Waals surface area contributed by atoms with Crippen molar-refractivity contribution in [2.75, 3.05) is 0 Å². The Morgan fingerprint density at radius 2 is 1.70 bits per heavy atom. The van der Waals surface area contributed by atoms with Crippen molar-refractivity contribution in [1.29, 1.82) is 0 Å². The molecule has 0 bridgehead atoms. The summed E-state index contributed by atoms with van der Waals surface area (Å²) >= 11 is 0. The fourth-order valence-electron chi connectivity index (χ4n) is 5.46. The zero-order valence-electron chi connectivity index (χ0n) is 29.8. The van der Waals surface area contributed by atoms with E-state index in [1.165, 1.54) is 17.3 Å². The molecule has 7 aromatic rings. The smallest absolute Gasteiger partial charge is 0.0774 e. The number of fused-ring (bicyclic) bond motifs is 2. The monoisotopic (exact) mass is 785 g/mol. The summed E-state index contributed by atoms with van der Waals surface area (Å²) in [6.07, 6.45) is 5.58. The van der Waals surface area contributed by atoms with Crippen LogP contribution in [0.1, 0.15) is 55.4 Å². The van der Waals surface area contributed by atoms with Crippen molar-refractivity contribution in [3.05, 3.63) is 138 Å². The number of furan rings is 1. The maximum absolute atomic E-state index is 7.23. The summed E-state index contributed by atoms with van der Waals surface area (Å²) in [5.41, 5.74) is 9.45. The number of hydrogen-bond acceptors (Lipinski definition) is 3. The predicted molar refractivity (Wildman–Crippen MR) is 186 cm³/mol. The molecule has 5 heteroatoms. The van der Waals surface area contributed by atoms with Crippen molar-refractivity contribution < 1.29 is 28.6 Å².